The summed E-state index contributed by atoms with van der Waals surface area (Å²) in [6, 6.07) is 8.15. The first-order valence-corrected chi connectivity index (χ1v) is 5.19. The molecule has 0 amide bonds. The summed E-state index contributed by atoms with van der Waals surface area (Å²) in [7, 11) is 0. The number of aromatic nitrogens is 1. The van der Waals surface area contributed by atoms with E-state index in [0.717, 1.165) is 16.8 Å². The van der Waals surface area contributed by atoms with Gasteiger partial charge in [0.1, 0.15) is 5.75 Å². The molecule has 0 aliphatic carbocycles. The Balaban J connectivity index is 2.56. The van der Waals surface area contributed by atoms with Crippen molar-refractivity contribution in [2.24, 2.45) is 0 Å². The van der Waals surface area contributed by atoms with Gasteiger partial charge in [-0.3, -0.25) is 4.98 Å². The molecule has 0 aliphatic heterocycles. The summed E-state index contributed by atoms with van der Waals surface area (Å²) in [5, 5.41) is 2.26. The zero-order valence-electron chi connectivity index (χ0n) is 9.32. The highest BCUT2D eigenvalue weighted by molar-refractivity contribution is 5.87. The predicted molar refractivity (Wildman–Crippen MR) is 62.2 cm³/mol. The van der Waals surface area contributed by atoms with Crippen molar-refractivity contribution < 1.29 is 4.74 Å². The average Bonchev–Trinajstić information content (AvgIpc) is 2.16. The smallest absolute Gasteiger partial charge is 0.129 e. The van der Waals surface area contributed by atoms with Crippen LogP contribution in [0.15, 0.2) is 30.5 Å². The summed E-state index contributed by atoms with van der Waals surface area (Å²) in [6.45, 7) is 6.05. The van der Waals surface area contributed by atoms with Gasteiger partial charge in [-0.1, -0.05) is 12.1 Å². The molecule has 1 aromatic heterocycles. The van der Waals surface area contributed by atoms with Crippen LogP contribution in [-0.4, -0.2) is 11.1 Å². The first kappa shape index (κ1) is 9.97. The Morgan fingerprint density at radius 1 is 1.27 bits per heavy atom. The molecule has 0 atom stereocenters. The van der Waals surface area contributed by atoms with Gasteiger partial charge in [0.15, 0.2) is 0 Å². The second-order valence-corrected chi connectivity index (χ2v) is 3.97. The van der Waals surface area contributed by atoms with E-state index in [2.05, 4.69) is 17.1 Å². The second kappa shape index (κ2) is 3.89. The minimum Gasteiger partial charge on any atom is -0.490 e. The van der Waals surface area contributed by atoms with Crippen LogP contribution in [0.4, 0.5) is 0 Å². The van der Waals surface area contributed by atoms with E-state index in [1.807, 2.05) is 39.1 Å². The monoisotopic (exact) mass is 201 g/mol. The molecule has 0 aliphatic rings. The fourth-order valence-electron chi connectivity index (χ4n) is 1.61. The van der Waals surface area contributed by atoms with Crippen LogP contribution < -0.4 is 4.74 Å². The number of hydrogen-bond donors (Lipinski definition) is 0. The fourth-order valence-corrected chi connectivity index (χ4v) is 1.61. The largest absolute Gasteiger partial charge is 0.490 e. The molecule has 1 heterocycles. The van der Waals surface area contributed by atoms with Crippen LogP contribution in [0, 0.1) is 6.92 Å². The number of benzene rings is 1. The van der Waals surface area contributed by atoms with Crippen LogP contribution in [0.1, 0.15) is 19.5 Å². The summed E-state index contributed by atoms with van der Waals surface area (Å²) in [4.78, 5) is 4.30. The van der Waals surface area contributed by atoms with Crippen LogP contribution in [0.3, 0.4) is 0 Å². The first-order chi connectivity index (χ1) is 7.16. The lowest BCUT2D eigenvalue weighted by atomic mass is 10.1. The SMILES string of the molecule is Cc1cc2cccc(OC(C)C)c2cn1. The van der Waals surface area contributed by atoms with E-state index in [9.17, 15) is 0 Å². The number of nitrogens with zero attached hydrogens (tertiary/aromatic N) is 1. The van der Waals surface area contributed by atoms with E-state index in [1.54, 1.807) is 0 Å². The molecule has 0 unspecified atom stereocenters. The molecular weight excluding hydrogens is 186 g/mol. The molecule has 0 spiro atoms. The molecule has 78 valence electrons. The van der Waals surface area contributed by atoms with Crippen molar-refractivity contribution in [2.75, 3.05) is 0 Å². The van der Waals surface area contributed by atoms with E-state index in [1.165, 1.54) is 5.39 Å². The Kier molecular flexibility index (Phi) is 2.58. The Bertz CT molecular complexity index is 477. The molecule has 2 nitrogen and oxygen atoms in total. The Morgan fingerprint density at radius 3 is 2.80 bits per heavy atom. The van der Waals surface area contributed by atoms with Crippen LogP contribution in [0.25, 0.3) is 10.8 Å². The lowest BCUT2D eigenvalue weighted by Gasteiger charge is -2.12. The zero-order valence-corrected chi connectivity index (χ0v) is 9.32. The maximum atomic E-state index is 5.73. The molecule has 0 fully saturated rings. The standard InChI is InChI=1S/C13H15NO/c1-9(2)15-13-6-4-5-11-7-10(3)14-8-12(11)13/h4-9H,1-3H3. The molecule has 0 saturated carbocycles. The molecule has 0 bridgehead atoms. The zero-order chi connectivity index (χ0) is 10.8. The maximum absolute atomic E-state index is 5.73. The fraction of sp³-hybridized carbons (Fsp3) is 0.308. The lowest BCUT2D eigenvalue weighted by molar-refractivity contribution is 0.245. The van der Waals surface area contributed by atoms with E-state index >= 15 is 0 Å². The molecule has 2 aromatic rings. The van der Waals surface area contributed by atoms with Crippen molar-refractivity contribution in [1.82, 2.24) is 4.98 Å². The van der Waals surface area contributed by atoms with E-state index in [-0.39, 0.29) is 6.10 Å². The summed E-state index contributed by atoms with van der Waals surface area (Å²) in [5.41, 5.74) is 1.03. The van der Waals surface area contributed by atoms with Gasteiger partial charge in [-0.25, -0.2) is 0 Å². The Morgan fingerprint density at radius 2 is 2.07 bits per heavy atom. The van der Waals surface area contributed by atoms with Crippen LogP contribution in [-0.2, 0) is 0 Å². The van der Waals surface area contributed by atoms with Gasteiger partial charge in [0.05, 0.1) is 6.10 Å². The van der Waals surface area contributed by atoms with Gasteiger partial charge < -0.3 is 4.74 Å². The van der Waals surface area contributed by atoms with Gasteiger partial charge in [-0.05, 0) is 38.3 Å². The van der Waals surface area contributed by atoms with Crippen LogP contribution in [0.5, 0.6) is 5.75 Å². The molecule has 0 N–H and O–H groups in total. The molecule has 0 saturated heterocycles. The molecule has 2 rings (SSSR count). The Labute approximate surface area is 89.9 Å². The highest BCUT2D eigenvalue weighted by Gasteiger charge is 2.03. The van der Waals surface area contributed by atoms with E-state index in [4.69, 9.17) is 4.74 Å². The van der Waals surface area contributed by atoms with Crippen LogP contribution >= 0.6 is 0 Å². The van der Waals surface area contributed by atoms with Crippen molar-refractivity contribution in [1.29, 1.82) is 0 Å². The van der Waals surface area contributed by atoms with Crippen molar-refractivity contribution in [2.45, 2.75) is 26.9 Å². The van der Waals surface area contributed by atoms with Crippen LogP contribution in [0.2, 0.25) is 0 Å². The van der Waals surface area contributed by atoms with Gasteiger partial charge >= 0.3 is 0 Å². The van der Waals surface area contributed by atoms with Crippen molar-refractivity contribution in [3.8, 4) is 5.75 Å². The maximum Gasteiger partial charge on any atom is 0.129 e. The van der Waals surface area contributed by atoms with Crippen molar-refractivity contribution in [3.63, 3.8) is 0 Å². The third kappa shape index (κ3) is 2.09. The highest BCUT2D eigenvalue weighted by atomic mass is 16.5. The molecule has 1 aromatic carbocycles. The first-order valence-electron chi connectivity index (χ1n) is 5.19. The quantitative estimate of drug-likeness (QED) is 0.743. The number of pyridine rings is 1. The number of hydrogen-bond acceptors (Lipinski definition) is 2. The number of rotatable bonds is 2. The summed E-state index contributed by atoms with van der Waals surface area (Å²) >= 11 is 0. The minimum absolute atomic E-state index is 0.192. The normalized spacial score (nSPS) is 10.9. The summed E-state index contributed by atoms with van der Waals surface area (Å²) < 4.78 is 5.73. The predicted octanol–water partition coefficient (Wildman–Crippen LogP) is 3.33. The number of aryl methyl sites for hydroxylation is 1. The molecule has 0 radical (unpaired) electrons. The molecule has 2 heteroatoms. The van der Waals surface area contributed by atoms with Gasteiger partial charge in [0.25, 0.3) is 0 Å². The average molecular weight is 201 g/mol. The van der Waals surface area contributed by atoms with E-state index < -0.39 is 0 Å². The van der Waals surface area contributed by atoms with Crippen molar-refractivity contribution >= 4 is 10.8 Å². The summed E-state index contributed by atoms with van der Waals surface area (Å²) in [5.74, 6) is 0.912. The van der Waals surface area contributed by atoms with Gasteiger partial charge in [-0.2, -0.15) is 0 Å². The van der Waals surface area contributed by atoms with Gasteiger partial charge in [0.2, 0.25) is 0 Å². The van der Waals surface area contributed by atoms with Crippen molar-refractivity contribution in [3.05, 3.63) is 36.2 Å². The Hall–Kier alpha value is -1.57. The third-order valence-electron chi connectivity index (χ3n) is 2.22. The topological polar surface area (TPSA) is 22.1 Å². The number of ether oxygens (including phenoxy) is 1. The van der Waals surface area contributed by atoms with Gasteiger partial charge in [-0.15, -0.1) is 0 Å². The molecular formula is C13H15NO. The van der Waals surface area contributed by atoms with Gasteiger partial charge in [0, 0.05) is 17.3 Å². The molecule has 15 heavy (non-hydrogen) atoms. The second-order valence-electron chi connectivity index (χ2n) is 3.97. The lowest BCUT2D eigenvalue weighted by Crippen LogP contribution is -2.05. The third-order valence-corrected chi connectivity index (χ3v) is 2.22. The highest BCUT2D eigenvalue weighted by Crippen LogP contribution is 2.25. The number of fused-ring (bicyclic) bond motifs is 1. The minimum atomic E-state index is 0.192. The van der Waals surface area contributed by atoms with E-state index in [0.29, 0.717) is 0 Å². The summed E-state index contributed by atoms with van der Waals surface area (Å²) in [6.07, 6.45) is 2.07.